The van der Waals surface area contributed by atoms with Crippen LogP contribution >= 0.6 is 11.6 Å². The van der Waals surface area contributed by atoms with Gasteiger partial charge in [-0.25, -0.2) is 0 Å². The monoisotopic (exact) mass is 313 g/mol. The number of hydrogen-bond acceptors (Lipinski definition) is 2. The lowest BCUT2D eigenvalue weighted by atomic mass is 9.95. The van der Waals surface area contributed by atoms with Gasteiger partial charge in [0.15, 0.2) is 0 Å². The molecule has 2 aromatic carbocycles. The predicted octanol–water partition coefficient (Wildman–Crippen LogP) is 3.95. The van der Waals surface area contributed by atoms with Gasteiger partial charge in [0.2, 0.25) is 5.91 Å². The molecule has 112 valence electrons. The maximum absolute atomic E-state index is 12.7. The second kappa shape index (κ2) is 5.03. The van der Waals surface area contributed by atoms with Crippen molar-refractivity contribution < 1.29 is 9.53 Å². The number of amides is 1. The number of carbonyl (C=O) groups is 1. The van der Waals surface area contributed by atoms with E-state index in [1.165, 1.54) is 0 Å². The number of anilines is 1. The second-order valence-corrected chi connectivity index (χ2v) is 6.40. The Morgan fingerprint density at radius 3 is 2.64 bits per heavy atom. The first-order chi connectivity index (χ1) is 10.7. The lowest BCUT2D eigenvalue weighted by Crippen LogP contribution is -2.27. The van der Waals surface area contributed by atoms with E-state index in [0.717, 1.165) is 48.4 Å². The number of rotatable bonds is 3. The summed E-state index contributed by atoms with van der Waals surface area (Å²) in [6, 6.07) is 13.4. The summed E-state index contributed by atoms with van der Waals surface area (Å²) in [5.41, 5.74) is 2.66. The highest BCUT2D eigenvalue weighted by molar-refractivity contribution is 6.30. The second-order valence-electron chi connectivity index (χ2n) is 5.96. The fraction of sp³-hybridized carbons (Fsp3) is 0.278. The Morgan fingerprint density at radius 2 is 1.91 bits per heavy atom. The molecule has 4 heteroatoms. The zero-order chi connectivity index (χ0) is 15.2. The molecule has 1 aliphatic carbocycles. The van der Waals surface area contributed by atoms with Crippen molar-refractivity contribution in [3.05, 3.63) is 58.6 Å². The van der Waals surface area contributed by atoms with Crippen LogP contribution in [0.2, 0.25) is 5.02 Å². The number of carbonyl (C=O) groups excluding carboxylic acids is 1. The van der Waals surface area contributed by atoms with E-state index in [4.69, 9.17) is 16.3 Å². The van der Waals surface area contributed by atoms with Crippen molar-refractivity contribution in [1.82, 2.24) is 0 Å². The minimum atomic E-state index is -0.389. The zero-order valence-electron chi connectivity index (χ0n) is 12.1. The first-order valence-corrected chi connectivity index (χ1v) is 7.88. The smallest absolute Gasteiger partial charge is 0.235 e. The molecule has 3 nitrogen and oxygen atoms in total. The average Bonchev–Trinajstić information content (AvgIpc) is 3.20. The van der Waals surface area contributed by atoms with Crippen molar-refractivity contribution >= 4 is 23.2 Å². The van der Waals surface area contributed by atoms with Crippen LogP contribution in [0.15, 0.2) is 42.5 Å². The molecule has 1 aliphatic heterocycles. The van der Waals surface area contributed by atoms with Crippen LogP contribution in [0, 0.1) is 0 Å². The van der Waals surface area contributed by atoms with Crippen LogP contribution < -0.4 is 10.1 Å². The maximum atomic E-state index is 12.7. The molecule has 22 heavy (non-hydrogen) atoms. The molecule has 1 saturated carbocycles. The molecule has 0 spiro atoms. The third kappa shape index (κ3) is 2.26. The zero-order valence-corrected chi connectivity index (χ0v) is 12.8. The van der Waals surface area contributed by atoms with Gasteiger partial charge in [-0.1, -0.05) is 23.7 Å². The van der Waals surface area contributed by atoms with E-state index < -0.39 is 0 Å². The fourth-order valence-electron chi connectivity index (χ4n) is 3.06. The van der Waals surface area contributed by atoms with E-state index >= 15 is 0 Å². The number of ether oxygens (including phenoxy) is 1. The number of nitrogens with one attached hydrogen (secondary N) is 1. The van der Waals surface area contributed by atoms with Crippen LogP contribution in [-0.4, -0.2) is 12.5 Å². The van der Waals surface area contributed by atoms with Gasteiger partial charge in [-0.05, 0) is 54.3 Å². The van der Waals surface area contributed by atoms with Crippen molar-refractivity contribution in [1.29, 1.82) is 0 Å². The molecule has 0 aromatic heterocycles. The summed E-state index contributed by atoms with van der Waals surface area (Å²) in [4.78, 5) is 12.7. The summed E-state index contributed by atoms with van der Waals surface area (Å²) in [6.07, 6.45) is 2.67. The van der Waals surface area contributed by atoms with Crippen LogP contribution in [0.25, 0.3) is 0 Å². The molecule has 1 heterocycles. The Morgan fingerprint density at radius 1 is 1.14 bits per heavy atom. The van der Waals surface area contributed by atoms with Crippen molar-refractivity contribution in [2.45, 2.75) is 24.7 Å². The van der Waals surface area contributed by atoms with E-state index in [2.05, 4.69) is 5.32 Å². The Labute approximate surface area is 134 Å². The van der Waals surface area contributed by atoms with Gasteiger partial charge in [0.05, 0.1) is 12.0 Å². The van der Waals surface area contributed by atoms with Crippen molar-refractivity contribution in [3.63, 3.8) is 0 Å². The molecule has 2 aromatic rings. The van der Waals surface area contributed by atoms with Gasteiger partial charge >= 0.3 is 0 Å². The van der Waals surface area contributed by atoms with Gasteiger partial charge < -0.3 is 10.1 Å². The molecular weight excluding hydrogens is 298 g/mol. The fourth-order valence-corrected chi connectivity index (χ4v) is 3.18. The molecule has 1 fully saturated rings. The highest BCUT2D eigenvalue weighted by Gasteiger charge is 2.51. The average molecular weight is 314 g/mol. The summed E-state index contributed by atoms with van der Waals surface area (Å²) in [5.74, 6) is 0.991. The summed E-state index contributed by atoms with van der Waals surface area (Å²) >= 11 is 5.93. The Hall–Kier alpha value is -2.00. The lowest BCUT2D eigenvalue weighted by molar-refractivity contribution is -0.118. The van der Waals surface area contributed by atoms with Crippen molar-refractivity contribution in [3.8, 4) is 5.75 Å². The lowest BCUT2D eigenvalue weighted by Gasteiger charge is -2.16. The molecule has 0 radical (unpaired) electrons. The van der Waals surface area contributed by atoms with E-state index in [-0.39, 0.29) is 11.3 Å². The first-order valence-electron chi connectivity index (χ1n) is 7.51. The SMILES string of the molecule is O=C(Nc1ccc2c(c1)CCO2)C1(c2ccc(Cl)cc2)CC1. The summed E-state index contributed by atoms with van der Waals surface area (Å²) in [7, 11) is 0. The normalized spacial score (nSPS) is 17.5. The van der Waals surface area contributed by atoms with Crippen molar-refractivity contribution in [2.24, 2.45) is 0 Å². The standard InChI is InChI=1S/C18H16ClNO2/c19-14-3-1-13(2-4-14)18(8-9-18)17(21)20-15-5-6-16-12(11-15)7-10-22-16/h1-6,11H,7-10H2,(H,20,21). The summed E-state index contributed by atoms with van der Waals surface area (Å²) in [6.45, 7) is 0.724. The molecule has 0 atom stereocenters. The van der Waals surface area contributed by atoms with Gasteiger partial charge in [0.25, 0.3) is 0 Å². The van der Waals surface area contributed by atoms with Crippen LogP contribution in [0.4, 0.5) is 5.69 Å². The van der Waals surface area contributed by atoms with E-state index in [1.54, 1.807) is 0 Å². The molecule has 0 saturated heterocycles. The van der Waals surface area contributed by atoms with E-state index in [0.29, 0.717) is 5.02 Å². The van der Waals surface area contributed by atoms with Gasteiger partial charge in [-0.3, -0.25) is 4.79 Å². The first kappa shape index (κ1) is 13.6. The van der Waals surface area contributed by atoms with E-state index in [9.17, 15) is 4.79 Å². The highest BCUT2D eigenvalue weighted by Crippen LogP contribution is 2.49. The number of fused-ring (bicyclic) bond motifs is 1. The molecule has 2 aliphatic rings. The van der Waals surface area contributed by atoms with E-state index in [1.807, 2.05) is 42.5 Å². The van der Waals surface area contributed by atoms with Crippen molar-refractivity contribution in [2.75, 3.05) is 11.9 Å². The summed E-state index contributed by atoms with van der Waals surface area (Å²) < 4.78 is 5.49. The molecule has 4 rings (SSSR count). The molecule has 0 unspecified atom stereocenters. The summed E-state index contributed by atoms with van der Waals surface area (Å²) in [5, 5.41) is 3.75. The highest BCUT2D eigenvalue weighted by atomic mass is 35.5. The Balaban J connectivity index is 1.56. The van der Waals surface area contributed by atoms with Gasteiger partial charge in [-0.15, -0.1) is 0 Å². The van der Waals surface area contributed by atoms with Gasteiger partial charge in [0, 0.05) is 17.1 Å². The number of hydrogen-bond donors (Lipinski definition) is 1. The maximum Gasteiger partial charge on any atom is 0.235 e. The van der Waals surface area contributed by atoms with Gasteiger partial charge in [0.1, 0.15) is 5.75 Å². The largest absolute Gasteiger partial charge is 0.493 e. The molecule has 1 N–H and O–H groups in total. The van der Waals surface area contributed by atoms with Gasteiger partial charge in [-0.2, -0.15) is 0 Å². The molecular formula is C18H16ClNO2. The van der Waals surface area contributed by atoms with Crippen LogP contribution in [-0.2, 0) is 16.6 Å². The number of benzene rings is 2. The molecule has 0 bridgehead atoms. The number of halogens is 1. The van der Waals surface area contributed by atoms with Crippen LogP contribution in [0.1, 0.15) is 24.0 Å². The van der Waals surface area contributed by atoms with Crippen LogP contribution in [0.3, 0.4) is 0 Å². The predicted molar refractivity (Wildman–Crippen MR) is 86.6 cm³/mol. The minimum absolute atomic E-state index is 0.0636. The Kier molecular flexibility index (Phi) is 3.12. The third-order valence-corrected chi connectivity index (χ3v) is 4.78. The Bertz CT molecular complexity index is 735. The third-order valence-electron chi connectivity index (χ3n) is 4.53. The quantitative estimate of drug-likeness (QED) is 0.932. The minimum Gasteiger partial charge on any atom is -0.493 e. The molecule has 1 amide bonds. The van der Waals surface area contributed by atoms with Crippen LogP contribution in [0.5, 0.6) is 5.75 Å². The topological polar surface area (TPSA) is 38.3 Å².